The molecule has 2 aliphatic heterocycles. The number of carbonyl (C=O) groups is 1. The number of rotatable bonds is 6. The second kappa shape index (κ2) is 9.69. The van der Waals surface area contributed by atoms with Crippen LogP contribution in [0.2, 0.25) is 0 Å². The molecular formula is C27H36N8O. The molecule has 2 saturated heterocycles. The van der Waals surface area contributed by atoms with E-state index in [-0.39, 0.29) is 5.91 Å². The summed E-state index contributed by atoms with van der Waals surface area (Å²) in [5, 5.41) is 7.63. The van der Waals surface area contributed by atoms with E-state index in [9.17, 15) is 4.79 Å². The number of aromatic nitrogens is 4. The van der Waals surface area contributed by atoms with Crippen molar-refractivity contribution in [3.05, 3.63) is 36.3 Å². The first-order chi connectivity index (χ1) is 17.6. The van der Waals surface area contributed by atoms with E-state index in [0.717, 1.165) is 67.7 Å². The van der Waals surface area contributed by atoms with Crippen molar-refractivity contribution in [1.29, 1.82) is 0 Å². The van der Waals surface area contributed by atoms with E-state index in [0.29, 0.717) is 17.7 Å². The number of hydrogen-bond acceptors (Lipinski definition) is 7. The number of anilines is 3. The Morgan fingerprint density at radius 3 is 2.50 bits per heavy atom. The fourth-order valence-electron chi connectivity index (χ4n) is 6.09. The van der Waals surface area contributed by atoms with Gasteiger partial charge in [0.25, 0.3) is 5.91 Å². The second-order valence-electron chi connectivity index (χ2n) is 10.8. The van der Waals surface area contributed by atoms with E-state index in [2.05, 4.69) is 36.1 Å². The number of piperidine rings is 1. The van der Waals surface area contributed by atoms with E-state index in [1.54, 1.807) is 25.2 Å². The summed E-state index contributed by atoms with van der Waals surface area (Å²) in [6, 6.07) is 6.35. The Labute approximate surface area is 212 Å². The molecule has 0 atom stereocenters. The Kier molecular flexibility index (Phi) is 6.25. The number of nitrogens with one attached hydrogen (secondary N) is 2. The summed E-state index contributed by atoms with van der Waals surface area (Å²) in [7, 11) is 3.58. The van der Waals surface area contributed by atoms with Gasteiger partial charge in [-0.2, -0.15) is 4.98 Å². The van der Waals surface area contributed by atoms with Gasteiger partial charge in [0.15, 0.2) is 0 Å². The Morgan fingerprint density at radius 2 is 1.81 bits per heavy atom. The molecule has 1 amide bonds. The summed E-state index contributed by atoms with van der Waals surface area (Å²) in [4.78, 5) is 31.0. The molecule has 3 aromatic rings. The monoisotopic (exact) mass is 488 g/mol. The molecule has 190 valence electrons. The van der Waals surface area contributed by atoms with Gasteiger partial charge >= 0.3 is 0 Å². The van der Waals surface area contributed by atoms with E-state index in [4.69, 9.17) is 4.98 Å². The van der Waals surface area contributed by atoms with Gasteiger partial charge in [-0.1, -0.05) is 12.8 Å². The highest BCUT2D eigenvalue weighted by Gasteiger charge is 2.34. The van der Waals surface area contributed by atoms with Crippen LogP contribution in [-0.2, 0) is 0 Å². The lowest BCUT2D eigenvalue weighted by atomic mass is 9.80. The first kappa shape index (κ1) is 23.2. The van der Waals surface area contributed by atoms with Crippen LogP contribution in [0.1, 0.15) is 55.1 Å². The zero-order valence-corrected chi connectivity index (χ0v) is 21.3. The predicted molar refractivity (Wildman–Crippen MR) is 142 cm³/mol. The molecule has 1 aliphatic carbocycles. The Hall–Kier alpha value is -3.20. The molecule has 2 N–H and O–H groups in total. The Bertz CT molecular complexity index is 1220. The van der Waals surface area contributed by atoms with Crippen LogP contribution in [0, 0.1) is 11.8 Å². The van der Waals surface area contributed by atoms with E-state index >= 15 is 0 Å². The third kappa shape index (κ3) is 4.40. The highest BCUT2D eigenvalue weighted by molar-refractivity contribution is 5.97. The van der Waals surface area contributed by atoms with Gasteiger partial charge in [0.1, 0.15) is 17.2 Å². The van der Waals surface area contributed by atoms with E-state index in [1.807, 2.05) is 18.3 Å². The normalized spacial score (nSPS) is 19.6. The van der Waals surface area contributed by atoms with Crippen molar-refractivity contribution in [3.63, 3.8) is 0 Å². The molecule has 5 heterocycles. The van der Waals surface area contributed by atoms with Gasteiger partial charge in [-0.25, -0.2) is 9.97 Å². The molecule has 36 heavy (non-hydrogen) atoms. The molecule has 0 bridgehead atoms. The fourth-order valence-corrected chi connectivity index (χ4v) is 6.09. The summed E-state index contributed by atoms with van der Waals surface area (Å²) in [6.45, 7) is 4.58. The van der Waals surface area contributed by atoms with Crippen LogP contribution in [-0.4, -0.2) is 70.6 Å². The average molecular weight is 489 g/mol. The topological polar surface area (TPSA) is 91.2 Å². The lowest BCUT2D eigenvalue weighted by molar-refractivity contribution is 0.0815. The molecule has 3 fully saturated rings. The number of amides is 1. The smallest absolute Gasteiger partial charge is 0.270 e. The number of hydrogen-bond donors (Lipinski definition) is 2. The molecule has 9 heteroatoms. The van der Waals surface area contributed by atoms with Crippen molar-refractivity contribution in [2.24, 2.45) is 11.8 Å². The SMILES string of the molecule is CN(C)C(=O)c1cc2cnc(Nc3ccc(N4CC(C5CCNCC5)C4)cn3)nc2n1C1CCCC1. The Balaban J connectivity index is 1.18. The van der Waals surface area contributed by atoms with Crippen LogP contribution in [0.25, 0.3) is 11.0 Å². The Morgan fingerprint density at radius 1 is 1.03 bits per heavy atom. The van der Waals surface area contributed by atoms with Gasteiger partial charge in [0.05, 0.1) is 11.9 Å². The highest BCUT2D eigenvalue weighted by Crippen LogP contribution is 2.35. The maximum Gasteiger partial charge on any atom is 0.270 e. The molecule has 0 radical (unpaired) electrons. The van der Waals surface area contributed by atoms with Crippen molar-refractivity contribution in [1.82, 2.24) is 29.7 Å². The van der Waals surface area contributed by atoms with E-state index in [1.165, 1.54) is 31.4 Å². The van der Waals surface area contributed by atoms with Crippen LogP contribution in [0.4, 0.5) is 17.5 Å². The zero-order chi connectivity index (χ0) is 24.6. The molecular weight excluding hydrogens is 452 g/mol. The van der Waals surface area contributed by atoms with Crippen LogP contribution in [0.5, 0.6) is 0 Å². The highest BCUT2D eigenvalue weighted by atomic mass is 16.2. The first-order valence-corrected chi connectivity index (χ1v) is 13.3. The molecule has 3 aliphatic rings. The van der Waals surface area contributed by atoms with Gasteiger partial charge in [0, 0.05) is 44.8 Å². The van der Waals surface area contributed by atoms with Gasteiger partial charge in [-0.3, -0.25) is 4.79 Å². The number of pyridine rings is 1. The molecule has 9 nitrogen and oxygen atoms in total. The van der Waals surface area contributed by atoms with Gasteiger partial charge in [0.2, 0.25) is 5.95 Å². The molecule has 0 aromatic carbocycles. The minimum atomic E-state index is 0.0000477. The maximum absolute atomic E-state index is 12.9. The first-order valence-electron chi connectivity index (χ1n) is 13.3. The molecule has 6 rings (SSSR count). The standard InChI is InChI=1S/C27H36N8O/c1-33(2)26(36)23-13-19-14-30-27(32-25(19)35(23)21-5-3-4-6-21)31-24-8-7-22(15-29-24)34-16-20(17-34)18-9-11-28-12-10-18/h7-8,13-15,18,20-21,28H,3-6,9-12,16-17H2,1-2H3,(H,29,30,31,32). The van der Waals surface area contributed by atoms with Gasteiger partial charge < -0.3 is 25.0 Å². The largest absolute Gasteiger partial charge is 0.370 e. The predicted octanol–water partition coefficient (Wildman–Crippen LogP) is 3.82. The summed E-state index contributed by atoms with van der Waals surface area (Å²) in [6.07, 6.45) is 10.9. The lowest BCUT2D eigenvalue weighted by Crippen LogP contribution is -2.51. The summed E-state index contributed by atoms with van der Waals surface area (Å²) in [5.41, 5.74) is 2.67. The average Bonchev–Trinajstić information content (AvgIpc) is 3.52. The molecule has 3 aromatic heterocycles. The summed E-state index contributed by atoms with van der Waals surface area (Å²) in [5.74, 6) is 2.89. The summed E-state index contributed by atoms with van der Waals surface area (Å²) >= 11 is 0. The quantitative estimate of drug-likeness (QED) is 0.545. The maximum atomic E-state index is 12.9. The van der Waals surface area contributed by atoms with Crippen molar-refractivity contribution in [2.45, 2.75) is 44.6 Å². The van der Waals surface area contributed by atoms with Crippen LogP contribution < -0.4 is 15.5 Å². The van der Waals surface area contributed by atoms with Crippen molar-refractivity contribution in [3.8, 4) is 0 Å². The van der Waals surface area contributed by atoms with Gasteiger partial charge in [-0.05, 0) is 68.8 Å². The molecule has 0 spiro atoms. The van der Waals surface area contributed by atoms with Crippen LogP contribution >= 0.6 is 0 Å². The summed E-state index contributed by atoms with van der Waals surface area (Å²) < 4.78 is 2.14. The van der Waals surface area contributed by atoms with Crippen molar-refractivity contribution >= 4 is 34.4 Å². The lowest BCUT2D eigenvalue weighted by Gasteiger charge is -2.46. The zero-order valence-electron chi connectivity index (χ0n) is 21.3. The van der Waals surface area contributed by atoms with Crippen LogP contribution in [0.15, 0.2) is 30.6 Å². The van der Waals surface area contributed by atoms with Crippen molar-refractivity contribution < 1.29 is 4.79 Å². The second-order valence-corrected chi connectivity index (χ2v) is 10.8. The molecule has 1 saturated carbocycles. The fraction of sp³-hybridized carbons (Fsp3) is 0.556. The third-order valence-electron chi connectivity index (χ3n) is 8.20. The third-order valence-corrected chi connectivity index (χ3v) is 8.20. The number of fused-ring (bicyclic) bond motifs is 1. The van der Waals surface area contributed by atoms with Gasteiger partial charge in [-0.15, -0.1) is 0 Å². The van der Waals surface area contributed by atoms with E-state index < -0.39 is 0 Å². The van der Waals surface area contributed by atoms with Crippen molar-refractivity contribution in [2.75, 3.05) is 50.5 Å². The minimum absolute atomic E-state index is 0.0000477. The minimum Gasteiger partial charge on any atom is -0.370 e. The molecule has 0 unspecified atom stereocenters. The number of nitrogens with zero attached hydrogens (tertiary/aromatic N) is 6. The van der Waals surface area contributed by atoms with Crippen LogP contribution in [0.3, 0.4) is 0 Å². The number of carbonyl (C=O) groups excluding carboxylic acids is 1.